The van der Waals surface area contributed by atoms with Gasteiger partial charge in [-0.25, -0.2) is 9.97 Å². The smallest absolute Gasteiger partial charge is 0.129 e. The van der Waals surface area contributed by atoms with Gasteiger partial charge in [-0.1, -0.05) is 19.9 Å². The van der Waals surface area contributed by atoms with Crippen LogP contribution in [0.25, 0.3) is 22.3 Å². The van der Waals surface area contributed by atoms with Crippen LogP contribution in [0.4, 0.5) is 5.82 Å². The molecule has 3 N–H and O–H groups in total. The minimum absolute atomic E-state index is 0.418. The van der Waals surface area contributed by atoms with E-state index < -0.39 is 0 Å². The molecule has 4 rings (SSSR count). The number of rotatable bonds is 3. The van der Waals surface area contributed by atoms with E-state index in [1.807, 2.05) is 30.5 Å². The van der Waals surface area contributed by atoms with Gasteiger partial charge < -0.3 is 15.7 Å². The molecular weight excluding hydrogens is 350 g/mol. The summed E-state index contributed by atoms with van der Waals surface area (Å²) < 4.78 is 0. The number of aromatic nitrogens is 3. The summed E-state index contributed by atoms with van der Waals surface area (Å²) in [5.41, 5.74) is 9.25. The molecule has 2 atom stereocenters. The third-order valence-electron chi connectivity index (χ3n) is 5.03. The lowest BCUT2D eigenvalue weighted by Gasteiger charge is -2.35. The molecule has 3 aromatic rings. The van der Waals surface area contributed by atoms with Gasteiger partial charge in [0.2, 0.25) is 0 Å². The monoisotopic (exact) mass is 379 g/mol. The van der Waals surface area contributed by atoms with Crippen LogP contribution in [-0.4, -0.2) is 40.3 Å². The van der Waals surface area contributed by atoms with Gasteiger partial charge in [0.1, 0.15) is 5.82 Å². The lowest BCUT2D eigenvalue weighted by atomic mass is 9.92. The molecule has 28 heavy (non-hydrogen) atoms. The standard InChI is InChI=1S/C21H25N5.CH4O/c1-14-8-15(2)13-26(12-14)21-5-3-4-18(25-21)19-7-6-16-11-23-17(10-22)9-20(16)24-19;1-2/h3-7,9,11,14-15H,8,10,12-13,22H2,1-2H3;2H,1H3. The number of nitrogens with two attached hydrogens (primary N) is 1. The molecule has 0 spiro atoms. The maximum atomic E-state index is 7.00. The van der Waals surface area contributed by atoms with E-state index in [1.165, 1.54) is 6.42 Å². The number of aliphatic hydroxyl groups excluding tert-OH is 1. The van der Waals surface area contributed by atoms with E-state index in [0.29, 0.717) is 18.4 Å². The van der Waals surface area contributed by atoms with Crippen molar-refractivity contribution in [1.82, 2.24) is 15.0 Å². The predicted molar refractivity (Wildman–Crippen MR) is 114 cm³/mol. The van der Waals surface area contributed by atoms with Crippen LogP contribution in [0.15, 0.2) is 42.6 Å². The quantitative estimate of drug-likeness (QED) is 0.726. The molecule has 6 heteroatoms. The van der Waals surface area contributed by atoms with Crippen LogP contribution in [0.3, 0.4) is 0 Å². The van der Waals surface area contributed by atoms with E-state index >= 15 is 0 Å². The van der Waals surface area contributed by atoms with Gasteiger partial charge >= 0.3 is 0 Å². The molecule has 3 aromatic heterocycles. The molecule has 0 radical (unpaired) electrons. The first kappa shape index (κ1) is 20.2. The van der Waals surface area contributed by atoms with Crippen molar-refractivity contribution in [2.24, 2.45) is 17.6 Å². The molecule has 0 bridgehead atoms. The minimum atomic E-state index is 0.418. The summed E-state index contributed by atoms with van der Waals surface area (Å²) in [4.78, 5) is 16.4. The Morgan fingerprint density at radius 3 is 2.46 bits per heavy atom. The van der Waals surface area contributed by atoms with Crippen molar-refractivity contribution in [3.05, 3.63) is 48.3 Å². The topological polar surface area (TPSA) is 88.2 Å². The highest BCUT2D eigenvalue weighted by atomic mass is 16.2. The molecule has 4 heterocycles. The maximum absolute atomic E-state index is 7.00. The van der Waals surface area contributed by atoms with Gasteiger partial charge in [-0.2, -0.15) is 0 Å². The van der Waals surface area contributed by atoms with Crippen molar-refractivity contribution >= 4 is 16.7 Å². The fourth-order valence-corrected chi connectivity index (χ4v) is 3.90. The zero-order valence-corrected chi connectivity index (χ0v) is 16.8. The van der Waals surface area contributed by atoms with Crippen molar-refractivity contribution in [1.29, 1.82) is 0 Å². The highest BCUT2D eigenvalue weighted by molar-refractivity contribution is 5.80. The molecule has 2 unspecified atom stereocenters. The number of hydrogen-bond acceptors (Lipinski definition) is 6. The lowest BCUT2D eigenvalue weighted by Crippen LogP contribution is -2.39. The van der Waals surface area contributed by atoms with Gasteiger partial charge in [0.15, 0.2) is 0 Å². The van der Waals surface area contributed by atoms with E-state index in [1.54, 1.807) is 0 Å². The number of anilines is 1. The van der Waals surface area contributed by atoms with Crippen molar-refractivity contribution in [3.63, 3.8) is 0 Å². The Morgan fingerprint density at radius 1 is 1.04 bits per heavy atom. The van der Waals surface area contributed by atoms with Crippen LogP contribution in [0.2, 0.25) is 0 Å². The first-order valence-electron chi connectivity index (χ1n) is 9.75. The van der Waals surface area contributed by atoms with Crippen LogP contribution in [0.5, 0.6) is 0 Å². The van der Waals surface area contributed by atoms with E-state index in [9.17, 15) is 0 Å². The molecule has 1 aliphatic heterocycles. The summed E-state index contributed by atoms with van der Waals surface area (Å²) >= 11 is 0. The maximum Gasteiger partial charge on any atom is 0.129 e. The van der Waals surface area contributed by atoms with Crippen LogP contribution in [0.1, 0.15) is 26.0 Å². The van der Waals surface area contributed by atoms with E-state index in [0.717, 1.165) is 54.0 Å². The van der Waals surface area contributed by atoms with Crippen molar-refractivity contribution in [3.8, 4) is 11.4 Å². The molecule has 1 saturated heterocycles. The summed E-state index contributed by atoms with van der Waals surface area (Å²) in [6.07, 6.45) is 3.12. The Kier molecular flexibility index (Phi) is 6.54. The van der Waals surface area contributed by atoms with Crippen LogP contribution >= 0.6 is 0 Å². The third-order valence-corrected chi connectivity index (χ3v) is 5.03. The Labute approximate surface area is 166 Å². The Bertz CT molecular complexity index is 920. The Balaban J connectivity index is 0.00000109. The van der Waals surface area contributed by atoms with Crippen molar-refractivity contribution in [2.45, 2.75) is 26.8 Å². The molecule has 148 valence electrons. The number of piperidine rings is 1. The predicted octanol–water partition coefficient (Wildman–Crippen LogP) is 3.24. The Hall–Kier alpha value is -2.57. The number of hydrogen-bond donors (Lipinski definition) is 2. The molecule has 6 nitrogen and oxygen atoms in total. The largest absolute Gasteiger partial charge is 0.400 e. The normalized spacial score (nSPS) is 19.2. The molecule has 0 aromatic carbocycles. The summed E-state index contributed by atoms with van der Waals surface area (Å²) in [5.74, 6) is 2.44. The van der Waals surface area contributed by atoms with Crippen LogP contribution in [0, 0.1) is 11.8 Å². The zero-order valence-electron chi connectivity index (χ0n) is 16.8. The second kappa shape index (κ2) is 9.08. The third kappa shape index (κ3) is 4.46. The summed E-state index contributed by atoms with van der Waals surface area (Å²) in [6, 6.07) is 12.2. The molecule has 1 fully saturated rings. The molecule has 1 aliphatic rings. The first-order valence-corrected chi connectivity index (χ1v) is 9.75. The van der Waals surface area contributed by atoms with E-state index in [-0.39, 0.29) is 0 Å². The fraction of sp³-hybridized carbons (Fsp3) is 0.409. The fourth-order valence-electron chi connectivity index (χ4n) is 3.90. The van der Waals surface area contributed by atoms with E-state index in [4.69, 9.17) is 20.8 Å². The van der Waals surface area contributed by atoms with Gasteiger partial charge in [0.25, 0.3) is 0 Å². The Morgan fingerprint density at radius 2 is 1.75 bits per heavy atom. The first-order chi connectivity index (χ1) is 13.6. The highest BCUT2D eigenvalue weighted by Crippen LogP contribution is 2.27. The number of fused-ring (bicyclic) bond motifs is 1. The van der Waals surface area contributed by atoms with Gasteiger partial charge in [-0.05, 0) is 48.6 Å². The summed E-state index contributed by atoms with van der Waals surface area (Å²) in [6.45, 7) is 7.19. The van der Waals surface area contributed by atoms with Crippen LogP contribution in [-0.2, 0) is 6.54 Å². The number of nitrogens with zero attached hydrogens (tertiary/aromatic N) is 4. The van der Waals surface area contributed by atoms with Crippen molar-refractivity contribution < 1.29 is 5.11 Å². The number of aliphatic hydroxyl groups is 1. The van der Waals surface area contributed by atoms with Gasteiger partial charge in [0, 0.05) is 38.3 Å². The average Bonchev–Trinajstić information content (AvgIpc) is 2.74. The number of pyridine rings is 3. The van der Waals surface area contributed by atoms with Gasteiger partial charge in [-0.15, -0.1) is 0 Å². The molecular formula is C22H29N5O. The van der Waals surface area contributed by atoms with Gasteiger partial charge in [0.05, 0.1) is 22.6 Å². The second-order valence-corrected chi connectivity index (χ2v) is 7.50. The molecule has 0 saturated carbocycles. The van der Waals surface area contributed by atoms with Crippen molar-refractivity contribution in [2.75, 3.05) is 25.1 Å². The molecule has 0 amide bonds. The second-order valence-electron chi connectivity index (χ2n) is 7.50. The average molecular weight is 380 g/mol. The zero-order chi connectivity index (χ0) is 20.1. The van der Waals surface area contributed by atoms with Crippen LogP contribution < -0.4 is 10.6 Å². The SMILES string of the molecule is CC1CC(C)CN(c2cccc(-c3ccc4cnc(CN)cc4n3)n2)C1.CO. The minimum Gasteiger partial charge on any atom is -0.400 e. The van der Waals surface area contributed by atoms with E-state index in [2.05, 4.69) is 35.9 Å². The highest BCUT2D eigenvalue weighted by Gasteiger charge is 2.23. The van der Waals surface area contributed by atoms with Gasteiger partial charge in [-0.3, -0.25) is 4.98 Å². The lowest BCUT2D eigenvalue weighted by molar-refractivity contribution is 0.355. The summed E-state index contributed by atoms with van der Waals surface area (Å²) in [5, 5.41) is 8.01. The molecule has 0 aliphatic carbocycles. The summed E-state index contributed by atoms with van der Waals surface area (Å²) in [7, 11) is 1.00.